The van der Waals surface area contributed by atoms with Crippen LogP contribution in [0.5, 0.6) is 0 Å². The van der Waals surface area contributed by atoms with Crippen molar-refractivity contribution in [2.45, 2.75) is 37.9 Å². The number of quaternary nitrogens is 1. The molecule has 8 nitrogen and oxygen atoms in total. The maximum absolute atomic E-state index is 13.7. The Balaban J connectivity index is 0.00000336. The maximum atomic E-state index is 13.7. The highest BCUT2D eigenvalue weighted by molar-refractivity contribution is 6.31. The number of nitrogens with zero attached hydrogens (tertiary/aromatic N) is 2. The fourth-order valence-electron chi connectivity index (χ4n) is 5.64. The Bertz CT molecular complexity index is 1280. The van der Waals surface area contributed by atoms with E-state index in [1.54, 1.807) is 54.6 Å². The van der Waals surface area contributed by atoms with Crippen molar-refractivity contribution in [1.29, 1.82) is 0 Å². The molecule has 1 unspecified atom stereocenters. The van der Waals surface area contributed by atoms with Crippen LogP contribution in [0.1, 0.15) is 36.7 Å². The minimum Gasteiger partial charge on any atom is -1.00 e. The van der Waals surface area contributed by atoms with Crippen molar-refractivity contribution in [3.8, 4) is 0 Å². The average molecular weight is 605 g/mol. The monoisotopic (exact) mass is 603 g/mol. The Labute approximate surface area is 237 Å². The van der Waals surface area contributed by atoms with Crippen LogP contribution in [-0.2, 0) is 26.3 Å². The van der Waals surface area contributed by atoms with Crippen LogP contribution >= 0.6 is 11.6 Å². The van der Waals surface area contributed by atoms with E-state index in [0.29, 0.717) is 34.6 Å². The van der Waals surface area contributed by atoms with Crippen LogP contribution in [0.15, 0.2) is 65.2 Å². The van der Waals surface area contributed by atoms with E-state index < -0.39 is 17.7 Å². The van der Waals surface area contributed by atoms with Crippen LogP contribution < -0.4 is 22.3 Å². The molecule has 3 aliphatic heterocycles. The van der Waals surface area contributed by atoms with Gasteiger partial charge in [0.05, 0.1) is 13.1 Å². The maximum Gasteiger partial charge on any atom is 0.348 e. The van der Waals surface area contributed by atoms with E-state index in [0.717, 1.165) is 25.9 Å². The number of hydrogen-bond acceptors (Lipinski definition) is 6. The van der Waals surface area contributed by atoms with Gasteiger partial charge in [-0.15, -0.1) is 0 Å². The van der Waals surface area contributed by atoms with Gasteiger partial charge in [0.25, 0.3) is 5.91 Å². The normalized spacial score (nSPS) is 23.7. The molecule has 3 fully saturated rings. The minimum absolute atomic E-state index is 0. The second-order valence-electron chi connectivity index (χ2n) is 10.0. The lowest BCUT2D eigenvalue weighted by atomic mass is 9.82. The van der Waals surface area contributed by atoms with Crippen LogP contribution in [0.3, 0.4) is 0 Å². The molecule has 3 aliphatic rings. The van der Waals surface area contributed by atoms with Crippen molar-refractivity contribution in [3.05, 3.63) is 82.6 Å². The van der Waals surface area contributed by atoms with Crippen LogP contribution in [0.2, 0.25) is 5.02 Å². The van der Waals surface area contributed by atoms with Gasteiger partial charge >= 0.3 is 5.97 Å². The van der Waals surface area contributed by atoms with Gasteiger partial charge in [-0.1, -0.05) is 72.2 Å². The minimum atomic E-state index is -2.06. The predicted molar refractivity (Wildman–Crippen MR) is 138 cm³/mol. The van der Waals surface area contributed by atoms with Gasteiger partial charge in [-0.2, -0.15) is 0 Å². The molecular weight excluding hydrogens is 574 g/mol. The molecule has 0 spiro atoms. The first-order chi connectivity index (χ1) is 17.8. The van der Waals surface area contributed by atoms with E-state index in [2.05, 4.69) is 10.5 Å². The summed E-state index contributed by atoms with van der Waals surface area (Å²) in [7, 11) is 0. The number of piperidine rings is 3. The number of fused-ring (bicyclic) bond motifs is 3. The highest BCUT2D eigenvalue weighted by Gasteiger charge is 2.51. The van der Waals surface area contributed by atoms with Gasteiger partial charge in [-0.25, -0.2) is 4.79 Å². The molecular formula is C28H31BrClN3O5. The summed E-state index contributed by atoms with van der Waals surface area (Å²) in [5.74, 6) is 0.377. The van der Waals surface area contributed by atoms with Crippen LogP contribution in [0.25, 0.3) is 0 Å². The number of anilines is 1. The highest BCUT2D eigenvalue weighted by Crippen LogP contribution is 2.39. The first-order valence-electron chi connectivity index (χ1n) is 12.7. The van der Waals surface area contributed by atoms with E-state index in [4.69, 9.17) is 20.9 Å². The van der Waals surface area contributed by atoms with Gasteiger partial charge in [0.1, 0.15) is 12.3 Å². The third kappa shape index (κ3) is 5.52. The molecule has 0 radical (unpaired) electrons. The van der Waals surface area contributed by atoms with Gasteiger partial charge in [0.15, 0.2) is 18.5 Å². The summed E-state index contributed by atoms with van der Waals surface area (Å²) in [6.45, 7) is 4.38. The third-order valence-corrected chi connectivity index (χ3v) is 8.03. The second kappa shape index (κ2) is 11.6. The van der Waals surface area contributed by atoms with E-state index in [9.17, 15) is 14.7 Å². The summed E-state index contributed by atoms with van der Waals surface area (Å²) in [5, 5.41) is 18.9. The number of carbonyl (C=O) groups is 2. The quantitative estimate of drug-likeness (QED) is 0.293. The van der Waals surface area contributed by atoms with Crippen molar-refractivity contribution in [2.24, 2.45) is 5.92 Å². The van der Waals surface area contributed by atoms with Gasteiger partial charge < -0.3 is 41.1 Å². The zero-order valence-electron chi connectivity index (χ0n) is 21.1. The zero-order valence-corrected chi connectivity index (χ0v) is 23.5. The topological polar surface area (TPSA) is 102 Å². The Morgan fingerprint density at radius 2 is 1.84 bits per heavy atom. The number of ether oxygens (including phenoxy) is 1. The summed E-state index contributed by atoms with van der Waals surface area (Å²) in [6, 6.07) is 17.2. The van der Waals surface area contributed by atoms with Crippen LogP contribution in [0.4, 0.5) is 5.82 Å². The number of nitrogens with one attached hydrogen (secondary N) is 1. The smallest absolute Gasteiger partial charge is 0.348 e. The van der Waals surface area contributed by atoms with E-state index in [1.165, 1.54) is 0 Å². The number of aliphatic hydroxyl groups is 1. The number of hydrogen-bond donors (Lipinski definition) is 2. The summed E-state index contributed by atoms with van der Waals surface area (Å²) in [5.41, 5.74) is -1.40. The summed E-state index contributed by atoms with van der Waals surface area (Å²) in [4.78, 5) is 26.6. The molecule has 10 heteroatoms. The number of halogens is 2. The number of benzene rings is 2. The molecule has 0 aliphatic carbocycles. The van der Waals surface area contributed by atoms with Crippen molar-refractivity contribution >= 4 is 29.3 Å². The second-order valence-corrected chi connectivity index (χ2v) is 10.5. The lowest BCUT2D eigenvalue weighted by molar-refractivity contribution is -0.939. The van der Waals surface area contributed by atoms with Crippen LogP contribution in [0, 0.1) is 5.92 Å². The number of aromatic nitrogens is 1. The van der Waals surface area contributed by atoms with E-state index in [1.807, 2.05) is 13.0 Å². The molecule has 2 N–H and O–H groups in total. The predicted octanol–water partition coefficient (Wildman–Crippen LogP) is 0.921. The van der Waals surface area contributed by atoms with E-state index >= 15 is 0 Å². The molecule has 3 saturated heterocycles. The van der Waals surface area contributed by atoms with Crippen LogP contribution in [-0.4, -0.2) is 58.9 Å². The lowest BCUT2D eigenvalue weighted by Gasteiger charge is -2.51. The van der Waals surface area contributed by atoms with Crippen molar-refractivity contribution < 1.29 is 45.4 Å². The molecule has 0 saturated carbocycles. The van der Waals surface area contributed by atoms with Gasteiger partial charge in [-0.05, 0) is 11.6 Å². The molecule has 2 aromatic carbocycles. The number of aryl methyl sites for hydroxylation is 1. The largest absolute Gasteiger partial charge is 1.00 e. The molecule has 1 aromatic heterocycles. The van der Waals surface area contributed by atoms with E-state index in [-0.39, 0.29) is 45.9 Å². The van der Waals surface area contributed by atoms with Gasteiger partial charge in [0.2, 0.25) is 5.60 Å². The Hall–Kier alpha value is -2.72. The first-order valence-corrected chi connectivity index (χ1v) is 13.1. The Kier molecular flexibility index (Phi) is 8.62. The van der Waals surface area contributed by atoms with Gasteiger partial charge in [0, 0.05) is 41.8 Å². The van der Waals surface area contributed by atoms with Crippen molar-refractivity contribution in [2.75, 3.05) is 31.5 Å². The molecule has 1 amide bonds. The van der Waals surface area contributed by atoms with Gasteiger partial charge in [-0.3, -0.25) is 4.79 Å². The fourth-order valence-corrected chi connectivity index (χ4v) is 5.91. The molecule has 2 atom stereocenters. The van der Waals surface area contributed by atoms with Crippen molar-refractivity contribution in [3.63, 3.8) is 0 Å². The number of carbonyl (C=O) groups excluding carboxylic acids is 2. The lowest BCUT2D eigenvalue weighted by Crippen LogP contribution is -3.00. The number of rotatable bonds is 8. The molecule has 202 valence electrons. The highest BCUT2D eigenvalue weighted by atomic mass is 79.9. The summed E-state index contributed by atoms with van der Waals surface area (Å²) in [6.07, 6.45) is 1.95. The van der Waals surface area contributed by atoms with Crippen molar-refractivity contribution in [1.82, 2.24) is 5.16 Å². The molecule has 3 aromatic rings. The summed E-state index contributed by atoms with van der Waals surface area (Å²) >= 11 is 6.44. The third-order valence-electron chi connectivity index (χ3n) is 7.70. The fraction of sp³-hybridized carbons (Fsp3) is 0.393. The standard InChI is InChI=1S/C28H30ClN3O5.BrH/c1-2-21-16-25(31-37-21)30-26(33)18-32-14-12-19(13-15-32)24(17-32)36-27(34)28(35,20-8-4-3-5-9-20)22-10-6-7-11-23(22)29;/h3-11,16,19,24,35H,2,12-15,17-18H2,1H3;1H/t19?,24?,28-,32?;/m1./s1. The number of amides is 1. The molecule has 6 rings (SSSR count). The first kappa shape index (κ1) is 28.3. The molecule has 38 heavy (non-hydrogen) atoms. The molecule has 2 bridgehead atoms. The molecule has 4 heterocycles. The average Bonchev–Trinajstić information content (AvgIpc) is 3.36. The Morgan fingerprint density at radius 3 is 2.50 bits per heavy atom. The summed E-state index contributed by atoms with van der Waals surface area (Å²) < 4.78 is 11.8. The zero-order chi connectivity index (χ0) is 26.0. The Morgan fingerprint density at radius 1 is 1.16 bits per heavy atom. The number of esters is 1. The SMILES string of the molecule is CCc1cc(NC(=O)C[N+]23CCC(CC2)C(OC(=O)[C@@](O)(c2ccccc2)c2ccccc2Cl)C3)no1.[Br-].